The summed E-state index contributed by atoms with van der Waals surface area (Å²) in [6.07, 6.45) is 2.74. The summed E-state index contributed by atoms with van der Waals surface area (Å²) in [4.78, 5) is 35.2. The molecule has 0 fully saturated rings. The molecule has 0 aliphatic rings. The van der Waals surface area contributed by atoms with Crippen molar-refractivity contribution in [3.63, 3.8) is 0 Å². The number of pyridine rings is 1. The van der Waals surface area contributed by atoms with Crippen LogP contribution in [-0.2, 0) is 4.74 Å². The number of aromatic nitrogens is 3. The van der Waals surface area contributed by atoms with Crippen molar-refractivity contribution < 1.29 is 14.5 Å². The second-order valence-corrected chi connectivity index (χ2v) is 5.63. The molecule has 3 aromatic rings. The van der Waals surface area contributed by atoms with Gasteiger partial charge in [-0.2, -0.15) is 0 Å². The third-order valence-electron chi connectivity index (χ3n) is 3.84. The maximum Gasteiger partial charge on any atom is 0.353 e. The first-order chi connectivity index (χ1) is 13.5. The van der Waals surface area contributed by atoms with Crippen LogP contribution in [0.3, 0.4) is 0 Å². The second-order valence-electron chi connectivity index (χ2n) is 5.63. The number of carbonyl (C=O) groups is 1. The van der Waals surface area contributed by atoms with E-state index in [4.69, 9.17) is 4.74 Å². The first-order valence-electron chi connectivity index (χ1n) is 8.13. The minimum absolute atomic E-state index is 0.0279. The van der Waals surface area contributed by atoms with E-state index in [2.05, 4.69) is 25.6 Å². The lowest BCUT2D eigenvalue weighted by atomic mass is 10.2. The Morgan fingerprint density at radius 2 is 1.75 bits per heavy atom. The number of para-hydroxylation sites is 1. The minimum Gasteiger partial charge on any atom is -0.465 e. The second kappa shape index (κ2) is 8.08. The van der Waals surface area contributed by atoms with Crippen LogP contribution < -0.4 is 10.6 Å². The molecule has 0 spiro atoms. The maximum atomic E-state index is 11.9. The van der Waals surface area contributed by atoms with Crippen LogP contribution in [0.2, 0.25) is 0 Å². The molecule has 0 saturated carbocycles. The van der Waals surface area contributed by atoms with Gasteiger partial charge in [0, 0.05) is 6.20 Å². The quantitative estimate of drug-likeness (QED) is 0.375. The lowest BCUT2D eigenvalue weighted by molar-refractivity contribution is -0.383. The smallest absolute Gasteiger partial charge is 0.353 e. The Bertz CT molecular complexity index is 1040. The molecule has 0 bridgehead atoms. The fourth-order valence-electron chi connectivity index (χ4n) is 2.47. The molecule has 1 aromatic carbocycles. The van der Waals surface area contributed by atoms with E-state index in [1.54, 1.807) is 30.5 Å². The van der Waals surface area contributed by atoms with Gasteiger partial charge in [-0.1, -0.05) is 18.2 Å². The summed E-state index contributed by atoms with van der Waals surface area (Å²) in [5.41, 5.74) is 0.942. The molecule has 0 aliphatic carbocycles. The molecule has 0 amide bonds. The molecule has 2 N–H and O–H groups in total. The summed E-state index contributed by atoms with van der Waals surface area (Å²) in [6, 6.07) is 10.0. The van der Waals surface area contributed by atoms with Crippen LogP contribution in [0.15, 0.2) is 48.9 Å². The van der Waals surface area contributed by atoms with Crippen molar-refractivity contribution in [2.45, 2.75) is 6.92 Å². The van der Waals surface area contributed by atoms with E-state index in [1.165, 1.54) is 19.5 Å². The lowest BCUT2D eigenvalue weighted by Crippen LogP contribution is -2.09. The number of rotatable bonds is 6. The van der Waals surface area contributed by atoms with Gasteiger partial charge in [0.2, 0.25) is 11.6 Å². The largest absolute Gasteiger partial charge is 0.465 e. The molecule has 2 heterocycles. The summed E-state index contributed by atoms with van der Waals surface area (Å²) in [6.45, 7) is 1.81. The third kappa shape index (κ3) is 3.85. The van der Waals surface area contributed by atoms with Gasteiger partial charge in [0.25, 0.3) is 0 Å². The first-order valence-corrected chi connectivity index (χ1v) is 8.13. The van der Waals surface area contributed by atoms with Crippen LogP contribution in [0.4, 0.5) is 28.8 Å². The van der Waals surface area contributed by atoms with Gasteiger partial charge in [0.15, 0.2) is 0 Å². The van der Waals surface area contributed by atoms with Crippen molar-refractivity contribution in [1.82, 2.24) is 15.0 Å². The number of aryl methyl sites for hydroxylation is 1. The van der Waals surface area contributed by atoms with Crippen molar-refractivity contribution in [2.75, 3.05) is 17.7 Å². The summed E-state index contributed by atoms with van der Waals surface area (Å²) in [7, 11) is 1.25. The fourth-order valence-corrected chi connectivity index (χ4v) is 2.47. The Hall–Kier alpha value is -4.08. The average Bonchev–Trinajstić information content (AvgIpc) is 2.69. The average molecular weight is 380 g/mol. The molecule has 142 valence electrons. The molecule has 28 heavy (non-hydrogen) atoms. The van der Waals surface area contributed by atoms with Gasteiger partial charge in [-0.15, -0.1) is 0 Å². The van der Waals surface area contributed by atoms with Gasteiger partial charge in [0.05, 0.1) is 23.3 Å². The third-order valence-corrected chi connectivity index (χ3v) is 3.84. The topological polar surface area (TPSA) is 132 Å². The number of benzene rings is 1. The van der Waals surface area contributed by atoms with Crippen molar-refractivity contribution >= 4 is 34.8 Å². The van der Waals surface area contributed by atoms with Crippen LogP contribution in [0.25, 0.3) is 0 Å². The van der Waals surface area contributed by atoms with E-state index < -0.39 is 10.9 Å². The van der Waals surface area contributed by atoms with E-state index in [1.807, 2.05) is 13.0 Å². The molecule has 2 aromatic heterocycles. The number of nitrogens with one attached hydrogen (secondary N) is 2. The van der Waals surface area contributed by atoms with Gasteiger partial charge in [-0.25, -0.2) is 19.7 Å². The van der Waals surface area contributed by atoms with Crippen LogP contribution >= 0.6 is 0 Å². The highest BCUT2D eigenvalue weighted by molar-refractivity contribution is 5.96. The summed E-state index contributed by atoms with van der Waals surface area (Å²) in [5.74, 6) is -0.250. The monoisotopic (exact) mass is 380 g/mol. The Balaban J connectivity index is 2.03. The van der Waals surface area contributed by atoms with Crippen LogP contribution in [0, 0.1) is 17.0 Å². The highest BCUT2D eigenvalue weighted by Crippen LogP contribution is 2.33. The van der Waals surface area contributed by atoms with Crippen molar-refractivity contribution in [3.8, 4) is 0 Å². The SMILES string of the molecule is COC(=O)c1ccccc1Nc1ncnc(Nc2ncccc2C)c1[N+](=O)[O-]. The van der Waals surface area contributed by atoms with Crippen LogP contribution in [-0.4, -0.2) is 33.0 Å². The zero-order chi connectivity index (χ0) is 20.1. The number of nitrogens with zero attached hydrogens (tertiary/aromatic N) is 4. The summed E-state index contributed by atoms with van der Waals surface area (Å²) < 4.78 is 4.74. The first kappa shape index (κ1) is 18.7. The van der Waals surface area contributed by atoms with Gasteiger partial charge < -0.3 is 15.4 Å². The van der Waals surface area contributed by atoms with Crippen LogP contribution in [0.1, 0.15) is 15.9 Å². The summed E-state index contributed by atoms with van der Waals surface area (Å²) >= 11 is 0. The molecule has 0 atom stereocenters. The zero-order valence-electron chi connectivity index (χ0n) is 15.0. The normalized spacial score (nSPS) is 10.2. The van der Waals surface area contributed by atoms with Crippen molar-refractivity contribution in [3.05, 3.63) is 70.2 Å². The molecular weight excluding hydrogens is 364 g/mol. The molecule has 0 radical (unpaired) electrons. The Morgan fingerprint density at radius 3 is 2.43 bits per heavy atom. The lowest BCUT2D eigenvalue weighted by Gasteiger charge is -2.12. The van der Waals surface area contributed by atoms with Gasteiger partial charge >= 0.3 is 11.7 Å². The van der Waals surface area contributed by atoms with E-state index >= 15 is 0 Å². The predicted molar refractivity (Wildman–Crippen MR) is 102 cm³/mol. The number of esters is 1. The van der Waals surface area contributed by atoms with Gasteiger partial charge in [-0.3, -0.25) is 10.1 Å². The van der Waals surface area contributed by atoms with E-state index in [9.17, 15) is 14.9 Å². The van der Waals surface area contributed by atoms with E-state index in [-0.39, 0.29) is 22.9 Å². The molecule has 10 nitrogen and oxygen atoms in total. The van der Waals surface area contributed by atoms with Crippen LogP contribution in [0.5, 0.6) is 0 Å². The minimum atomic E-state index is -0.607. The van der Waals surface area contributed by atoms with E-state index in [0.717, 1.165) is 5.56 Å². The number of nitro groups is 1. The predicted octanol–water partition coefficient (Wildman–Crippen LogP) is 3.36. The number of anilines is 4. The molecular formula is C18H16N6O4. The molecule has 0 unspecified atom stereocenters. The summed E-state index contributed by atoms with van der Waals surface area (Å²) in [5, 5.41) is 17.4. The Kier molecular flexibility index (Phi) is 5.40. The van der Waals surface area contributed by atoms with Crippen molar-refractivity contribution in [1.29, 1.82) is 0 Å². The molecule has 0 saturated heterocycles. The standard InChI is InChI=1S/C18H16N6O4/c1-11-6-5-9-19-15(11)23-17-14(24(26)27)16(20-10-21-17)22-13-8-4-3-7-12(13)18(25)28-2/h3-10H,1-2H3,(H2,19,20,21,22,23). The Morgan fingerprint density at radius 1 is 1.04 bits per heavy atom. The highest BCUT2D eigenvalue weighted by Gasteiger charge is 2.25. The maximum absolute atomic E-state index is 11.9. The van der Waals surface area contributed by atoms with Gasteiger partial charge in [0.1, 0.15) is 12.1 Å². The number of carbonyl (C=O) groups excluding carboxylic acids is 1. The number of hydrogen-bond donors (Lipinski definition) is 2. The van der Waals surface area contributed by atoms with E-state index in [0.29, 0.717) is 11.5 Å². The zero-order valence-corrected chi connectivity index (χ0v) is 15.0. The number of ether oxygens (including phenoxy) is 1. The molecule has 10 heteroatoms. The fraction of sp³-hybridized carbons (Fsp3) is 0.111. The highest BCUT2D eigenvalue weighted by atomic mass is 16.6. The molecule has 3 rings (SSSR count). The van der Waals surface area contributed by atoms with Crippen molar-refractivity contribution in [2.24, 2.45) is 0 Å². The van der Waals surface area contributed by atoms with Gasteiger partial charge in [-0.05, 0) is 30.7 Å². The Labute approximate surface area is 159 Å². The number of methoxy groups -OCH3 is 1. The molecule has 0 aliphatic heterocycles. The number of hydrogen-bond acceptors (Lipinski definition) is 9.